The molecule has 1 aliphatic heterocycles. The van der Waals surface area contributed by atoms with E-state index in [1.807, 2.05) is 0 Å². The minimum atomic E-state index is -0.915. The topological polar surface area (TPSA) is 109 Å². The van der Waals surface area contributed by atoms with Gasteiger partial charge in [0.15, 0.2) is 11.5 Å². The van der Waals surface area contributed by atoms with E-state index in [4.69, 9.17) is 9.47 Å². The van der Waals surface area contributed by atoms with Crippen LogP contribution >= 0.6 is 0 Å². The highest BCUT2D eigenvalue weighted by molar-refractivity contribution is 6.46. The molecule has 0 aliphatic carbocycles. The van der Waals surface area contributed by atoms with Gasteiger partial charge >= 0.3 is 0 Å². The lowest BCUT2D eigenvalue weighted by molar-refractivity contribution is -0.140. The molecule has 0 spiro atoms. The minimum absolute atomic E-state index is 0.0635. The third-order valence-corrected chi connectivity index (χ3v) is 5.63. The van der Waals surface area contributed by atoms with Gasteiger partial charge in [0.1, 0.15) is 18.1 Å². The maximum absolute atomic E-state index is 13.2. The zero-order valence-electron chi connectivity index (χ0n) is 19.0. The number of aliphatic hydroxyl groups excluding tert-OH is 1. The molecule has 35 heavy (non-hydrogen) atoms. The average molecular weight is 472 g/mol. The molecular weight excluding hydrogens is 448 g/mol. The summed E-state index contributed by atoms with van der Waals surface area (Å²) in [7, 11) is 1.40. The molecule has 1 unspecified atom stereocenters. The number of phenolic OH excluding ortho intramolecular Hbond substituents is 1. The number of carbonyl (C=O) groups is 2. The standard InChI is InChI=1S/C27H24N2O6/c1-3-13-35-20-9-6-18(7-10-20)25(31)23-24(19-8-11-21(30)22(14-19)34-2)29(27(33)26(23)32)16-17-5-4-12-28-15-17/h3-12,14-15,24,30-31H,1,13,16H2,2H3. The number of ether oxygens (including phenoxy) is 2. The number of hydrogen-bond acceptors (Lipinski definition) is 7. The number of methoxy groups -OCH3 is 1. The van der Waals surface area contributed by atoms with Gasteiger partial charge in [-0.1, -0.05) is 24.8 Å². The maximum Gasteiger partial charge on any atom is 0.295 e. The summed E-state index contributed by atoms with van der Waals surface area (Å²) in [6, 6.07) is 13.7. The summed E-state index contributed by atoms with van der Waals surface area (Å²) in [5.74, 6) is -1.22. The fourth-order valence-corrected chi connectivity index (χ4v) is 3.96. The van der Waals surface area contributed by atoms with Crippen LogP contribution < -0.4 is 9.47 Å². The van der Waals surface area contributed by atoms with Gasteiger partial charge in [0, 0.05) is 24.5 Å². The summed E-state index contributed by atoms with van der Waals surface area (Å²) >= 11 is 0. The van der Waals surface area contributed by atoms with Crippen LogP contribution in [0.5, 0.6) is 17.2 Å². The molecule has 1 amide bonds. The summed E-state index contributed by atoms with van der Waals surface area (Å²) < 4.78 is 10.7. The second-order valence-corrected chi connectivity index (χ2v) is 7.84. The number of aliphatic hydroxyl groups is 1. The van der Waals surface area contributed by atoms with Gasteiger partial charge in [0.25, 0.3) is 11.7 Å². The van der Waals surface area contributed by atoms with E-state index in [-0.39, 0.29) is 29.4 Å². The van der Waals surface area contributed by atoms with Crippen LogP contribution in [0.25, 0.3) is 5.76 Å². The van der Waals surface area contributed by atoms with Crippen molar-refractivity contribution in [2.45, 2.75) is 12.6 Å². The van der Waals surface area contributed by atoms with Crippen molar-refractivity contribution >= 4 is 17.4 Å². The largest absolute Gasteiger partial charge is 0.507 e. The predicted octanol–water partition coefficient (Wildman–Crippen LogP) is 3.98. The second kappa shape index (κ2) is 10.1. The normalized spacial score (nSPS) is 16.8. The van der Waals surface area contributed by atoms with Crippen LogP contribution in [0.2, 0.25) is 0 Å². The number of carbonyl (C=O) groups excluding carboxylic acids is 2. The zero-order chi connectivity index (χ0) is 24.9. The molecule has 4 rings (SSSR count). The van der Waals surface area contributed by atoms with E-state index in [0.717, 1.165) is 0 Å². The van der Waals surface area contributed by atoms with Crippen molar-refractivity contribution in [2.24, 2.45) is 0 Å². The lowest BCUT2D eigenvalue weighted by Crippen LogP contribution is -2.29. The first-order chi connectivity index (χ1) is 16.9. The van der Waals surface area contributed by atoms with Crippen LogP contribution in [0.15, 0.2) is 85.2 Å². The molecule has 2 N–H and O–H groups in total. The van der Waals surface area contributed by atoms with Gasteiger partial charge in [-0.15, -0.1) is 0 Å². The molecule has 1 aromatic heterocycles. The molecule has 1 saturated heterocycles. The summed E-state index contributed by atoms with van der Waals surface area (Å²) in [6.45, 7) is 4.03. The van der Waals surface area contributed by atoms with Gasteiger partial charge in [-0.05, 0) is 53.6 Å². The van der Waals surface area contributed by atoms with Gasteiger partial charge < -0.3 is 24.6 Å². The number of phenols is 1. The van der Waals surface area contributed by atoms with E-state index in [0.29, 0.717) is 29.0 Å². The number of likely N-dealkylation sites (tertiary alicyclic amines) is 1. The van der Waals surface area contributed by atoms with Crippen molar-refractivity contribution in [3.05, 3.63) is 102 Å². The van der Waals surface area contributed by atoms with E-state index >= 15 is 0 Å². The average Bonchev–Trinajstić information content (AvgIpc) is 3.13. The molecule has 8 nitrogen and oxygen atoms in total. The third kappa shape index (κ3) is 4.72. The molecule has 1 atom stereocenters. The van der Waals surface area contributed by atoms with Gasteiger partial charge in [-0.3, -0.25) is 14.6 Å². The Morgan fingerprint density at radius 2 is 1.94 bits per heavy atom. The van der Waals surface area contributed by atoms with Gasteiger partial charge in [0.2, 0.25) is 0 Å². The number of nitrogens with zero attached hydrogens (tertiary/aromatic N) is 2. The first-order valence-corrected chi connectivity index (χ1v) is 10.8. The maximum atomic E-state index is 13.2. The highest BCUT2D eigenvalue weighted by Gasteiger charge is 2.46. The van der Waals surface area contributed by atoms with Crippen LogP contribution in [0.3, 0.4) is 0 Å². The Morgan fingerprint density at radius 3 is 2.60 bits per heavy atom. The number of pyridine rings is 1. The molecule has 8 heteroatoms. The number of ketones is 1. The minimum Gasteiger partial charge on any atom is -0.507 e. The van der Waals surface area contributed by atoms with Crippen molar-refractivity contribution < 1.29 is 29.3 Å². The van der Waals surface area contributed by atoms with Crippen LogP contribution in [0.1, 0.15) is 22.7 Å². The Labute approximate surface area is 202 Å². The quantitative estimate of drug-likeness (QED) is 0.221. The van der Waals surface area contributed by atoms with Crippen molar-refractivity contribution in [3.8, 4) is 17.2 Å². The highest BCUT2D eigenvalue weighted by atomic mass is 16.5. The fourth-order valence-electron chi connectivity index (χ4n) is 3.96. The van der Waals surface area contributed by atoms with Crippen molar-refractivity contribution in [2.75, 3.05) is 13.7 Å². The SMILES string of the molecule is C=CCOc1ccc(C(O)=C2C(=O)C(=O)N(Cc3cccnc3)C2c2ccc(O)c(OC)c2)cc1. The molecule has 2 aromatic carbocycles. The van der Waals surface area contributed by atoms with Crippen LogP contribution in [-0.2, 0) is 16.1 Å². The summed E-state index contributed by atoms with van der Waals surface area (Å²) in [6.07, 6.45) is 4.83. The number of benzene rings is 2. The predicted molar refractivity (Wildman–Crippen MR) is 129 cm³/mol. The molecule has 0 bridgehead atoms. The van der Waals surface area contributed by atoms with Crippen molar-refractivity contribution in [3.63, 3.8) is 0 Å². The fraction of sp³-hybridized carbons (Fsp3) is 0.148. The van der Waals surface area contributed by atoms with Gasteiger partial charge in [-0.2, -0.15) is 0 Å². The lowest BCUT2D eigenvalue weighted by Gasteiger charge is -2.25. The van der Waals surface area contributed by atoms with E-state index in [1.54, 1.807) is 67.0 Å². The Balaban J connectivity index is 1.82. The third-order valence-electron chi connectivity index (χ3n) is 5.63. The second-order valence-electron chi connectivity index (χ2n) is 7.84. The molecule has 1 aliphatic rings. The summed E-state index contributed by atoms with van der Waals surface area (Å²) in [5.41, 5.74) is 1.50. The van der Waals surface area contributed by atoms with E-state index in [1.165, 1.54) is 18.1 Å². The zero-order valence-corrected chi connectivity index (χ0v) is 19.0. The van der Waals surface area contributed by atoms with Crippen LogP contribution in [-0.4, -0.2) is 45.5 Å². The number of aromatic nitrogens is 1. The molecule has 3 aromatic rings. The Kier molecular flexibility index (Phi) is 6.82. The number of amides is 1. The molecule has 178 valence electrons. The molecule has 0 saturated carbocycles. The monoisotopic (exact) mass is 472 g/mol. The van der Waals surface area contributed by atoms with Crippen LogP contribution in [0.4, 0.5) is 0 Å². The van der Waals surface area contributed by atoms with Crippen LogP contribution in [0, 0.1) is 0 Å². The number of Topliss-reactive ketones (excluding diaryl/α,β-unsaturated/α-hetero) is 1. The summed E-state index contributed by atoms with van der Waals surface area (Å²) in [4.78, 5) is 31.8. The molecule has 0 radical (unpaired) electrons. The Bertz CT molecular complexity index is 1280. The van der Waals surface area contributed by atoms with Gasteiger partial charge in [-0.25, -0.2) is 0 Å². The highest BCUT2D eigenvalue weighted by Crippen LogP contribution is 2.42. The van der Waals surface area contributed by atoms with Crippen molar-refractivity contribution in [1.82, 2.24) is 9.88 Å². The molecular formula is C27H24N2O6. The van der Waals surface area contributed by atoms with Crippen molar-refractivity contribution in [1.29, 1.82) is 0 Å². The first kappa shape index (κ1) is 23.6. The summed E-state index contributed by atoms with van der Waals surface area (Å²) in [5, 5.41) is 21.3. The number of aromatic hydroxyl groups is 1. The molecule has 2 heterocycles. The Morgan fingerprint density at radius 1 is 1.17 bits per heavy atom. The Hall–Kier alpha value is -4.59. The molecule has 1 fully saturated rings. The van der Waals surface area contributed by atoms with Gasteiger partial charge in [0.05, 0.1) is 18.7 Å². The number of hydrogen-bond donors (Lipinski definition) is 2. The first-order valence-electron chi connectivity index (χ1n) is 10.8. The van der Waals surface area contributed by atoms with E-state index < -0.39 is 17.7 Å². The lowest BCUT2D eigenvalue weighted by atomic mass is 9.95. The van der Waals surface area contributed by atoms with E-state index in [2.05, 4.69) is 11.6 Å². The number of rotatable bonds is 8. The van der Waals surface area contributed by atoms with E-state index in [9.17, 15) is 19.8 Å². The smallest absolute Gasteiger partial charge is 0.295 e.